The fraction of sp³-hybridized carbons (Fsp3) is 0.818. The van der Waals surface area contributed by atoms with E-state index in [9.17, 15) is 28.8 Å². The summed E-state index contributed by atoms with van der Waals surface area (Å²) in [7, 11) is 1.73. The van der Waals surface area contributed by atoms with E-state index in [1.54, 1.807) is 7.05 Å². The zero-order valence-corrected chi connectivity index (χ0v) is 31.1. The molecule has 0 radical (unpaired) electrons. The second-order valence-corrected chi connectivity index (χ2v) is 10.8. The number of carbonyl (C=O) groups is 6. The molecule has 3 atom stereocenters. The van der Waals surface area contributed by atoms with E-state index >= 15 is 0 Å². The van der Waals surface area contributed by atoms with Crippen molar-refractivity contribution in [2.24, 2.45) is 17.6 Å². The minimum absolute atomic E-state index is 0.0421. The lowest BCUT2D eigenvalue weighted by atomic mass is 10.0. The Morgan fingerprint density at radius 1 is 0.911 bits per heavy atom. The van der Waals surface area contributed by atoms with Gasteiger partial charge in [-0.25, -0.2) is 0 Å². The Kier molecular flexibility index (Phi) is 40.6. The maximum absolute atomic E-state index is 11.9. The van der Waals surface area contributed by atoms with Gasteiger partial charge in [0, 0.05) is 19.0 Å². The highest BCUT2D eigenvalue weighted by atomic mass is 16.2. The summed E-state index contributed by atoms with van der Waals surface area (Å²) in [6, 6.07) is -0.863. The Morgan fingerprint density at radius 2 is 1.42 bits per heavy atom. The molecule has 1 aliphatic heterocycles. The van der Waals surface area contributed by atoms with Crippen molar-refractivity contribution in [1.82, 2.24) is 26.2 Å². The number of ketones is 1. The van der Waals surface area contributed by atoms with E-state index in [2.05, 4.69) is 42.0 Å². The van der Waals surface area contributed by atoms with E-state index in [1.165, 1.54) is 11.8 Å². The van der Waals surface area contributed by atoms with Gasteiger partial charge in [-0.1, -0.05) is 76.2 Å². The van der Waals surface area contributed by atoms with Crippen LogP contribution in [0.25, 0.3) is 0 Å². The first-order valence-corrected chi connectivity index (χ1v) is 16.7. The zero-order valence-electron chi connectivity index (χ0n) is 31.1. The number of amides is 5. The van der Waals surface area contributed by atoms with Crippen molar-refractivity contribution < 1.29 is 28.8 Å². The molecule has 1 fully saturated rings. The van der Waals surface area contributed by atoms with Crippen molar-refractivity contribution in [3.63, 3.8) is 0 Å². The summed E-state index contributed by atoms with van der Waals surface area (Å²) in [5.41, 5.74) is 5.13. The van der Waals surface area contributed by atoms with Crippen molar-refractivity contribution in [3.8, 4) is 0 Å². The van der Waals surface area contributed by atoms with Crippen LogP contribution in [0.4, 0.5) is 0 Å². The lowest BCUT2D eigenvalue weighted by Crippen LogP contribution is -2.47. The van der Waals surface area contributed by atoms with E-state index in [0.29, 0.717) is 38.1 Å². The number of rotatable bonds is 14. The smallest absolute Gasteiger partial charge is 0.242 e. The lowest BCUT2D eigenvalue weighted by molar-refractivity contribution is -0.137. The molecular formula is C33H70N6O6. The molecule has 1 aliphatic rings. The molecule has 0 aromatic carbocycles. The summed E-state index contributed by atoms with van der Waals surface area (Å²) in [4.78, 5) is 68.2. The largest absolute Gasteiger partial charge is 0.368 e. The second-order valence-electron chi connectivity index (χ2n) is 10.8. The molecule has 12 heteroatoms. The van der Waals surface area contributed by atoms with E-state index < -0.39 is 11.9 Å². The number of likely N-dealkylation sites (N-methyl/N-ethyl adjacent to an activating group) is 1. The monoisotopic (exact) mass is 647 g/mol. The van der Waals surface area contributed by atoms with Gasteiger partial charge in [-0.3, -0.25) is 24.0 Å². The van der Waals surface area contributed by atoms with Gasteiger partial charge in [0.15, 0.2) is 0 Å². The minimum Gasteiger partial charge on any atom is -0.368 e. The zero-order chi connectivity index (χ0) is 36.5. The van der Waals surface area contributed by atoms with Gasteiger partial charge in [0.05, 0.1) is 19.1 Å². The maximum atomic E-state index is 11.9. The van der Waals surface area contributed by atoms with Gasteiger partial charge in [-0.15, -0.1) is 0 Å². The second kappa shape index (κ2) is 35.5. The van der Waals surface area contributed by atoms with Gasteiger partial charge in [-0.05, 0) is 58.4 Å². The van der Waals surface area contributed by atoms with Crippen molar-refractivity contribution in [1.29, 1.82) is 0 Å². The molecule has 1 saturated heterocycles. The highest BCUT2D eigenvalue weighted by molar-refractivity contribution is 5.89. The molecule has 1 heterocycles. The molecule has 1 rings (SSSR count). The van der Waals surface area contributed by atoms with Crippen LogP contribution in [0.5, 0.6) is 0 Å². The van der Waals surface area contributed by atoms with E-state index in [-0.39, 0.29) is 48.7 Å². The third kappa shape index (κ3) is 33.7. The van der Waals surface area contributed by atoms with E-state index in [0.717, 1.165) is 18.8 Å². The summed E-state index contributed by atoms with van der Waals surface area (Å²) in [5.74, 6) is 0.181. The summed E-state index contributed by atoms with van der Waals surface area (Å²) < 4.78 is 0. The topological polar surface area (TPSA) is 180 Å². The third-order valence-electron chi connectivity index (χ3n) is 5.37. The highest BCUT2D eigenvalue weighted by Gasteiger charge is 2.32. The number of nitrogens with one attached hydrogen (secondary N) is 4. The molecule has 0 saturated carbocycles. The Hall–Kier alpha value is -3.02. The van der Waals surface area contributed by atoms with E-state index in [4.69, 9.17) is 5.73 Å². The van der Waals surface area contributed by atoms with Crippen molar-refractivity contribution in [2.75, 3.05) is 26.7 Å². The molecule has 12 nitrogen and oxygen atoms in total. The Balaban J connectivity index is -0.000000190. The number of carbonyl (C=O) groups excluding carboxylic acids is 6. The number of likely N-dealkylation sites (tertiary alicyclic amines) is 1. The van der Waals surface area contributed by atoms with Crippen LogP contribution in [-0.2, 0) is 28.8 Å². The number of nitrogens with two attached hydrogens (primary N) is 1. The number of Topliss-reactive ketones (excluding diaryl/α,β-unsaturated/α-hetero) is 1. The van der Waals surface area contributed by atoms with Gasteiger partial charge in [0.2, 0.25) is 30.0 Å². The molecule has 268 valence electrons. The minimum atomic E-state index is -0.504. The predicted octanol–water partition coefficient (Wildman–Crippen LogP) is 3.56. The SMILES string of the molecule is CC.CC.CC.CC(C)C.CNC(CC(C)C)C(=O)NCC(=O)NC(C)CCC(C)=O.NC(=O)C1CCCN1C(=O)CNC=O. The van der Waals surface area contributed by atoms with Gasteiger partial charge in [0.25, 0.3) is 0 Å². The average Bonchev–Trinajstić information content (AvgIpc) is 3.50. The maximum Gasteiger partial charge on any atom is 0.242 e. The van der Waals surface area contributed by atoms with Crippen LogP contribution in [0.2, 0.25) is 0 Å². The van der Waals surface area contributed by atoms with Gasteiger partial charge < -0.3 is 36.7 Å². The highest BCUT2D eigenvalue weighted by Crippen LogP contribution is 2.16. The van der Waals surface area contributed by atoms with Crippen LogP contribution >= 0.6 is 0 Å². The van der Waals surface area contributed by atoms with Crippen LogP contribution in [0.3, 0.4) is 0 Å². The molecule has 0 aromatic heterocycles. The first-order valence-electron chi connectivity index (χ1n) is 16.7. The molecule has 6 N–H and O–H groups in total. The van der Waals surface area contributed by atoms with Crippen LogP contribution < -0.4 is 27.0 Å². The standard InChI is InChI=1S/C15H29N3O3.C8H13N3O3.C4H10.3C2H6/c1-10(2)8-13(16-5)15(21)17-9-14(20)18-11(3)6-7-12(4)19;9-8(14)6-2-1-3-11(6)7(13)4-10-5-12;1-4(2)3;3*1-2/h10-11,13,16H,6-9H2,1-5H3,(H,17,21)(H,18,20);5-6H,1-4H2,(H2,9,14)(H,10,12);4H,1-3H3;3*1-2H3. The quantitative estimate of drug-likeness (QED) is 0.179. The third-order valence-corrected chi connectivity index (χ3v) is 5.37. The lowest BCUT2D eigenvalue weighted by Gasteiger charge is -2.21. The normalized spacial score (nSPS) is 14.0. The van der Waals surface area contributed by atoms with Gasteiger partial charge in [0.1, 0.15) is 11.8 Å². The van der Waals surface area contributed by atoms with E-state index in [1.807, 2.05) is 62.3 Å². The van der Waals surface area contributed by atoms with Crippen molar-refractivity contribution >= 4 is 35.8 Å². The van der Waals surface area contributed by atoms with Crippen molar-refractivity contribution in [2.45, 2.75) is 140 Å². The molecule has 45 heavy (non-hydrogen) atoms. The van der Waals surface area contributed by atoms with Crippen molar-refractivity contribution in [3.05, 3.63) is 0 Å². The predicted molar refractivity (Wildman–Crippen MR) is 185 cm³/mol. The number of hydrogen-bond acceptors (Lipinski definition) is 7. The summed E-state index contributed by atoms with van der Waals surface area (Å²) in [5, 5.41) is 10.6. The summed E-state index contributed by atoms with van der Waals surface area (Å²) >= 11 is 0. The Labute approximate surface area is 275 Å². The summed E-state index contributed by atoms with van der Waals surface area (Å²) in [6.45, 7) is 26.4. The van der Waals surface area contributed by atoms with Crippen LogP contribution in [0, 0.1) is 11.8 Å². The van der Waals surface area contributed by atoms with Crippen LogP contribution in [0.1, 0.15) is 122 Å². The fourth-order valence-electron chi connectivity index (χ4n) is 3.53. The molecule has 0 bridgehead atoms. The van der Waals surface area contributed by atoms with Gasteiger partial charge in [-0.2, -0.15) is 0 Å². The molecular weight excluding hydrogens is 576 g/mol. The molecule has 0 aromatic rings. The Bertz CT molecular complexity index is 774. The first-order chi connectivity index (χ1) is 21.2. The van der Waals surface area contributed by atoms with Crippen LogP contribution in [-0.4, -0.2) is 85.5 Å². The number of hydrogen-bond donors (Lipinski definition) is 5. The molecule has 0 spiro atoms. The number of nitrogens with zero attached hydrogens (tertiary/aromatic N) is 1. The van der Waals surface area contributed by atoms with Crippen LogP contribution in [0.15, 0.2) is 0 Å². The molecule has 0 aliphatic carbocycles. The summed E-state index contributed by atoms with van der Waals surface area (Å²) in [6.07, 6.45) is 3.63. The fourth-order valence-corrected chi connectivity index (χ4v) is 3.53. The first kappa shape index (κ1) is 51.6. The average molecular weight is 647 g/mol. The van der Waals surface area contributed by atoms with Gasteiger partial charge >= 0.3 is 0 Å². The molecule has 5 amide bonds. The Morgan fingerprint density at radius 3 is 1.82 bits per heavy atom. The number of primary amides is 1. The molecule has 3 unspecified atom stereocenters.